The van der Waals surface area contributed by atoms with E-state index in [2.05, 4.69) is 55.6 Å². The third-order valence-electron chi connectivity index (χ3n) is 12.0. The smallest absolute Gasteiger partial charge is 0.220 e. The van der Waals surface area contributed by atoms with Gasteiger partial charge in [-0.25, -0.2) is 0 Å². The van der Waals surface area contributed by atoms with Crippen LogP contribution in [0, 0.1) is 0 Å². The van der Waals surface area contributed by atoms with Gasteiger partial charge in [0, 0.05) is 6.42 Å². The number of hydrogen-bond acceptors (Lipinski definition) is 3. The summed E-state index contributed by atoms with van der Waals surface area (Å²) in [6.45, 7) is 4.26. The fourth-order valence-corrected chi connectivity index (χ4v) is 7.98. The van der Waals surface area contributed by atoms with Gasteiger partial charge in [-0.15, -0.1) is 0 Å². The lowest BCUT2D eigenvalue weighted by Gasteiger charge is -2.19. The summed E-state index contributed by atoms with van der Waals surface area (Å²) in [6.07, 6.45) is 69.9. The van der Waals surface area contributed by atoms with Gasteiger partial charge >= 0.3 is 0 Å². The van der Waals surface area contributed by atoms with Crippen LogP contribution >= 0.6 is 0 Å². The molecule has 4 heteroatoms. The Bertz CT molecular complexity index is 939. The summed E-state index contributed by atoms with van der Waals surface area (Å²) in [4.78, 5) is 12.4. The van der Waals surface area contributed by atoms with Crippen LogP contribution < -0.4 is 5.32 Å². The molecule has 4 nitrogen and oxygen atoms in total. The molecule has 0 radical (unpaired) electrons. The fraction of sp³-hybridized carbons (Fsp3) is 0.836. The minimum Gasteiger partial charge on any atom is -0.394 e. The van der Waals surface area contributed by atoms with E-state index in [9.17, 15) is 15.0 Å². The molecule has 2 unspecified atom stereocenters. The van der Waals surface area contributed by atoms with E-state index in [-0.39, 0.29) is 12.5 Å². The standard InChI is InChI=1S/C55H103NO3/c1-3-5-7-9-11-13-15-17-19-20-21-22-23-24-25-26-27-28-29-30-31-32-33-34-35-36-37-38-40-42-44-46-48-50-54(58)53(52-57)56-55(59)51-49-47-45-43-41-39-18-16-14-12-10-8-6-4-2/h10,12,16,18,40,42,48,50,53-54,57-58H,3-9,11,13-15,17,19-39,41,43-47,49,51-52H2,1-2H3,(H,56,59)/b12-10-,18-16-,42-40+,50-48+. The average Bonchev–Trinajstić information content (AvgIpc) is 3.24. The molecule has 0 aromatic heterocycles. The van der Waals surface area contributed by atoms with Crippen LogP contribution in [0.5, 0.6) is 0 Å². The van der Waals surface area contributed by atoms with Gasteiger partial charge in [-0.3, -0.25) is 4.79 Å². The van der Waals surface area contributed by atoms with Gasteiger partial charge in [0.1, 0.15) is 0 Å². The SMILES string of the molecule is CCCC/C=C\C/C=C\CCCCCCCC(=O)NC(CO)C(O)/C=C/CC/C=C/CCCCCCCCCCCCCCCCCCCCCCCCCCCCC. The van der Waals surface area contributed by atoms with Crippen molar-refractivity contribution in [3.8, 4) is 0 Å². The van der Waals surface area contributed by atoms with Crippen LogP contribution in [-0.4, -0.2) is 34.9 Å². The van der Waals surface area contributed by atoms with E-state index in [0.29, 0.717) is 6.42 Å². The lowest BCUT2D eigenvalue weighted by molar-refractivity contribution is -0.123. The van der Waals surface area contributed by atoms with Gasteiger partial charge in [-0.05, 0) is 57.8 Å². The zero-order chi connectivity index (χ0) is 42.8. The summed E-state index contributed by atoms with van der Waals surface area (Å²) in [5, 5.41) is 23.0. The average molecular weight is 826 g/mol. The summed E-state index contributed by atoms with van der Waals surface area (Å²) in [5.74, 6) is -0.0875. The minimum atomic E-state index is -0.869. The number of aliphatic hydroxyl groups is 2. The molecule has 0 bridgehead atoms. The van der Waals surface area contributed by atoms with Crippen LogP contribution in [0.2, 0.25) is 0 Å². The van der Waals surface area contributed by atoms with Crippen LogP contribution in [0.3, 0.4) is 0 Å². The molecule has 0 aromatic carbocycles. The van der Waals surface area contributed by atoms with Gasteiger partial charge in [0.05, 0.1) is 18.8 Å². The third kappa shape index (κ3) is 47.3. The molecule has 59 heavy (non-hydrogen) atoms. The molecule has 0 aliphatic rings. The first-order chi connectivity index (χ1) is 29.2. The largest absolute Gasteiger partial charge is 0.394 e. The van der Waals surface area contributed by atoms with Gasteiger partial charge in [0.2, 0.25) is 5.91 Å². The quantitative estimate of drug-likeness (QED) is 0.0423. The molecule has 0 saturated heterocycles. The van der Waals surface area contributed by atoms with Gasteiger partial charge in [0.15, 0.2) is 0 Å². The fourth-order valence-electron chi connectivity index (χ4n) is 7.98. The number of allylic oxidation sites excluding steroid dienone is 7. The van der Waals surface area contributed by atoms with Crippen molar-refractivity contribution >= 4 is 5.91 Å². The predicted molar refractivity (Wildman–Crippen MR) is 262 cm³/mol. The Morgan fingerprint density at radius 3 is 1.14 bits per heavy atom. The Hall–Kier alpha value is -1.65. The Balaban J connectivity index is 3.49. The van der Waals surface area contributed by atoms with E-state index in [1.807, 2.05) is 6.08 Å². The molecule has 0 aliphatic carbocycles. The second-order valence-corrected chi connectivity index (χ2v) is 17.9. The van der Waals surface area contributed by atoms with E-state index >= 15 is 0 Å². The van der Waals surface area contributed by atoms with E-state index in [0.717, 1.165) is 51.4 Å². The second kappa shape index (κ2) is 50.7. The third-order valence-corrected chi connectivity index (χ3v) is 12.0. The highest BCUT2D eigenvalue weighted by Gasteiger charge is 2.17. The first kappa shape index (κ1) is 57.3. The molecular weight excluding hydrogens is 723 g/mol. The van der Waals surface area contributed by atoms with Crippen molar-refractivity contribution < 1.29 is 15.0 Å². The van der Waals surface area contributed by atoms with Crippen molar-refractivity contribution in [2.45, 2.75) is 289 Å². The van der Waals surface area contributed by atoms with Crippen molar-refractivity contribution in [3.05, 3.63) is 48.6 Å². The van der Waals surface area contributed by atoms with Crippen LogP contribution in [0.4, 0.5) is 0 Å². The number of carbonyl (C=O) groups excluding carboxylic acids is 1. The van der Waals surface area contributed by atoms with Crippen molar-refractivity contribution in [2.75, 3.05) is 6.61 Å². The lowest BCUT2D eigenvalue weighted by Crippen LogP contribution is -2.45. The van der Waals surface area contributed by atoms with Crippen molar-refractivity contribution in [1.82, 2.24) is 5.32 Å². The topological polar surface area (TPSA) is 69.6 Å². The molecule has 346 valence electrons. The predicted octanol–water partition coefficient (Wildman–Crippen LogP) is 17.1. The number of carbonyl (C=O) groups is 1. The van der Waals surface area contributed by atoms with Gasteiger partial charge in [0.25, 0.3) is 0 Å². The number of unbranched alkanes of at least 4 members (excludes halogenated alkanes) is 35. The summed E-state index contributed by atoms with van der Waals surface area (Å²) < 4.78 is 0. The zero-order valence-electron chi connectivity index (χ0n) is 39.8. The molecule has 1 amide bonds. The van der Waals surface area contributed by atoms with Crippen LogP contribution in [0.15, 0.2) is 48.6 Å². The van der Waals surface area contributed by atoms with E-state index in [4.69, 9.17) is 0 Å². The summed E-state index contributed by atoms with van der Waals surface area (Å²) >= 11 is 0. The van der Waals surface area contributed by atoms with E-state index < -0.39 is 12.1 Å². The molecule has 0 rings (SSSR count). The maximum Gasteiger partial charge on any atom is 0.220 e. The Labute approximate surface area is 369 Å². The highest BCUT2D eigenvalue weighted by Crippen LogP contribution is 2.17. The molecule has 0 heterocycles. The summed E-state index contributed by atoms with van der Waals surface area (Å²) in [7, 11) is 0. The van der Waals surface area contributed by atoms with Crippen LogP contribution in [0.1, 0.15) is 277 Å². The van der Waals surface area contributed by atoms with Gasteiger partial charge in [-0.2, -0.15) is 0 Å². The number of nitrogens with one attached hydrogen (secondary N) is 1. The lowest BCUT2D eigenvalue weighted by atomic mass is 10.0. The molecule has 0 fully saturated rings. The minimum absolute atomic E-state index is 0.0875. The maximum absolute atomic E-state index is 12.4. The number of amides is 1. The van der Waals surface area contributed by atoms with Crippen LogP contribution in [0.25, 0.3) is 0 Å². The van der Waals surface area contributed by atoms with E-state index in [1.165, 1.54) is 205 Å². The number of aliphatic hydroxyl groups excluding tert-OH is 2. The van der Waals surface area contributed by atoms with E-state index in [1.54, 1.807) is 6.08 Å². The van der Waals surface area contributed by atoms with Crippen molar-refractivity contribution in [1.29, 1.82) is 0 Å². The Morgan fingerprint density at radius 2 is 0.729 bits per heavy atom. The number of hydrogen-bond donors (Lipinski definition) is 3. The monoisotopic (exact) mass is 826 g/mol. The first-order valence-corrected chi connectivity index (χ1v) is 26.4. The van der Waals surface area contributed by atoms with Crippen molar-refractivity contribution in [2.24, 2.45) is 0 Å². The zero-order valence-corrected chi connectivity index (χ0v) is 39.8. The Morgan fingerprint density at radius 1 is 0.407 bits per heavy atom. The highest BCUT2D eigenvalue weighted by molar-refractivity contribution is 5.76. The Kier molecular flexibility index (Phi) is 49.3. The first-order valence-electron chi connectivity index (χ1n) is 26.4. The normalized spacial score (nSPS) is 13.2. The molecule has 0 spiro atoms. The van der Waals surface area contributed by atoms with Crippen molar-refractivity contribution in [3.63, 3.8) is 0 Å². The number of rotatable bonds is 48. The molecule has 0 saturated carbocycles. The summed E-state index contributed by atoms with van der Waals surface area (Å²) in [6, 6.07) is -0.647. The molecule has 3 N–H and O–H groups in total. The molecule has 0 aromatic rings. The van der Waals surface area contributed by atoms with Gasteiger partial charge < -0.3 is 15.5 Å². The summed E-state index contributed by atoms with van der Waals surface area (Å²) in [5.41, 5.74) is 0. The van der Waals surface area contributed by atoms with Gasteiger partial charge in [-0.1, -0.05) is 262 Å². The highest BCUT2D eigenvalue weighted by atomic mass is 16.3. The molecular formula is C55H103NO3. The van der Waals surface area contributed by atoms with Crippen LogP contribution in [-0.2, 0) is 4.79 Å². The maximum atomic E-state index is 12.4. The molecule has 0 aliphatic heterocycles. The second-order valence-electron chi connectivity index (χ2n) is 17.9. The molecule has 2 atom stereocenters.